The molecule has 0 aliphatic rings. The third kappa shape index (κ3) is 7.82. The Morgan fingerprint density at radius 3 is 2.29 bits per heavy atom. The first-order chi connectivity index (χ1) is 13.1. The van der Waals surface area contributed by atoms with E-state index in [9.17, 15) is 9.59 Å². The number of rotatable bonds is 4. The zero-order valence-electron chi connectivity index (χ0n) is 18.0. The molecule has 0 spiro atoms. The second-order valence-electron chi connectivity index (χ2n) is 6.41. The van der Waals surface area contributed by atoms with Crippen molar-refractivity contribution in [3.8, 4) is 5.69 Å². The molecule has 1 aromatic carbocycles. The minimum absolute atomic E-state index is 0.0417. The molecule has 0 atom stereocenters. The molecule has 2 aromatic rings. The summed E-state index contributed by atoms with van der Waals surface area (Å²) in [4.78, 5) is 23.1. The lowest BCUT2D eigenvalue weighted by molar-refractivity contribution is 0.0397. The normalized spacial score (nSPS) is 10.2. The lowest BCUT2D eigenvalue weighted by Gasteiger charge is -2.14. The number of esters is 1. The summed E-state index contributed by atoms with van der Waals surface area (Å²) < 4.78 is 11.3. The highest BCUT2D eigenvalue weighted by atomic mass is 35.5. The van der Waals surface area contributed by atoms with Crippen LogP contribution in [0.2, 0.25) is 5.02 Å². The van der Waals surface area contributed by atoms with Crippen molar-refractivity contribution in [1.29, 1.82) is 0 Å². The number of halogens is 1. The molecule has 0 radical (unpaired) electrons. The van der Waals surface area contributed by atoms with Crippen molar-refractivity contribution in [3.05, 3.63) is 46.2 Å². The van der Waals surface area contributed by atoms with Crippen molar-refractivity contribution >= 4 is 23.9 Å². The summed E-state index contributed by atoms with van der Waals surface area (Å²) in [5, 5.41) is 4.68. The lowest BCUT2D eigenvalue weighted by Crippen LogP contribution is -2.15. The highest BCUT2D eigenvalue weighted by molar-refractivity contribution is 6.30. The Balaban J connectivity index is 0.000000780. The van der Waals surface area contributed by atoms with Crippen LogP contribution in [-0.4, -0.2) is 41.4 Å². The van der Waals surface area contributed by atoms with Gasteiger partial charge < -0.3 is 9.47 Å². The van der Waals surface area contributed by atoms with E-state index in [0.29, 0.717) is 28.3 Å². The van der Waals surface area contributed by atoms with Gasteiger partial charge in [0, 0.05) is 17.7 Å². The molecule has 7 heteroatoms. The van der Waals surface area contributed by atoms with Gasteiger partial charge in [-0.25, -0.2) is 9.48 Å². The fourth-order valence-corrected chi connectivity index (χ4v) is 2.03. The summed E-state index contributed by atoms with van der Waals surface area (Å²) in [5.41, 5.74) is 1.57. The molecular weight excluding hydrogens is 380 g/mol. The first-order valence-electron chi connectivity index (χ1n) is 9.17. The zero-order chi connectivity index (χ0) is 21.9. The second-order valence-corrected chi connectivity index (χ2v) is 6.84. The first kappa shape index (κ1) is 25.8. The number of aromatic nitrogens is 2. The van der Waals surface area contributed by atoms with Crippen molar-refractivity contribution in [2.24, 2.45) is 0 Å². The number of hydrogen-bond donors (Lipinski definition) is 0. The highest BCUT2D eigenvalue weighted by Gasteiger charge is 2.21. The monoisotopic (exact) mass is 410 g/mol. The summed E-state index contributed by atoms with van der Waals surface area (Å²) in [6, 6.07) is 6.87. The fourth-order valence-electron chi connectivity index (χ4n) is 1.85. The highest BCUT2D eigenvalue weighted by Crippen LogP contribution is 2.20. The van der Waals surface area contributed by atoms with Crippen LogP contribution in [-0.2, 0) is 9.47 Å². The smallest absolute Gasteiger partial charge is 0.359 e. The maximum atomic E-state index is 11.8. The number of methoxy groups -OCH3 is 1. The SMILES string of the molecule is CC.CCOC(=O)c1nn(-c2cccc(Cl)c2)c(C=O)c1C.COC(C)(C)C. The molecule has 1 heterocycles. The Hall–Kier alpha value is -2.18. The van der Waals surface area contributed by atoms with E-state index < -0.39 is 5.97 Å². The van der Waals surface area contributed by atoms with Gasteiger partial charge in [-0.3, -0.25) is 4.79 Å². The van der Waals surface area contributed by atoms with E-state index in [-0.39, 0.29) is 17.9 Å². The molecule has 0 aliphatic heterocycles. The quantitative estimate of drug-likeness (QED) is 0.506. The van der Waals surface area contributed by atoms with Gasteiger partial charge in [0.05, 0.1) is 17.9 Å². The molecule has 0 fully saturated rings. The molecule has 6 nitrogen and oxygen atoms in total. The third-order valence-corrected chi connectivity index (χ3v) is 3.65. The summed E-state index contributed by atoms with van der Waals surface area (Å²) in [5.74, 6) is -0.547. The van der Waals surface area contributed by atoms with E-state index in [1.807, 2.05) is 34.6 Å². The largest absolute Gasteiger partial charge is 0.461 e. The van der Waals surface area contributed by atoms with E-state index in [1.54, 1.807) is 45.2 Å². The Morgan fingerprint density at radius 1 is 1.29 bits per heavy atom. The van der Waals surface area contributed by atoms with Crippen LogP contribution in [0, 0.1) is 6.92 Å². The number of carbonyl (C=O) groups is 2. The Kier molecular flexibility index (Phi) is 11.4. The molecule has 0 N–H and O–H groups in total. The molecule has 2 rings (SSSR count). The lowest BCUT2D eigenvalue weighted by atomic mass is 10.2. The van der Waals surface area contributed by atoms with Gasteiger partial charge >= 0.3 is 5.97 Å². The second kappa shape index (κ2) is 12.3. The average Bonchev–Trinajstić information content (AvgIpc) is 3.00. The fraction of sp³-hybridized carbons (Fsp3) is 0.476. The minimum atomic E-state index is -0.547. The summed E-state index contributed by atoms with van der Waals surface area (Å²) in [7, 11) is 1.71. The van der Waals surface area contributed by atoms with E-state index in [4.69, 9.17) is 21.1 Å². The van der Waals surface area contributed by atoms with Crippen molar-refractivity contribution in [2.75, 3.05) is 13.7 Å². The molecule has 0 bridgehead atoms. The van der Waals surface area contributed by atoms with Crippen molar-refractivity contribution in [2.45, 2.75) is 54.1 Å². The Labute approximate surface area is 172 Å². The van der Waals surface area contributed by atoms with E-state index >= 15 is 0 Å². The number of nitrogens with zero attached hydrogens (tertiary/aromatic N) is 2. The zero-order valence-corrected chi connectivity index (χ0v) is 18.8. The van der Waals surface area contributed by atoms with E-state index in [1.165, 1.54) is 4.68 Å². The van der Waals surface area contributed by atoms with E-state index in [0.717, 1.165) is 0 Å². The van der Waals surface area contributed by atoms with Crippen LogP contribution < -0.4 is 0 Å². The Bertz CT molecular complexity index is 764. The number of ether oxygens (including phenoxy) is 2. The molecule has 28 heavy (non-hydrogen) atoms. The van der Waals surface area contributed by atoms with E-state index in [2.05, 4.69) is 5.10 Å². The predicted octanol–water partition coefficient (Wildman–Crippen LogP) is 5.28. The molecule has 0 amide bonds. The van der Waals surface area contributed by atoms with Crippen LogP contribution >= 0.6 is 11.6 Å². The van der Waals surface area contributed by atoms with Gasteiger partial charge in [-0.15, -0.1) is 0 Å². The predicted molar refractivity (Wildman–Crippen MR) is 113 cm³/mol. The van der Waals surface area contributed by atoms with Gasteiger partial charge in [0.25, 0.3) is 0 Å². The molecule has 1 aromatic heterocycles. The van der Waals surface area contributed by atoms with Crippen molar-refractivity contribution < 1.29 is 19.1 Å². The average molecular weight is 411 g/mol. The third-order valence-electron chi connectivity index (χ3n) is 3.41. The van der Waals surface area contributed by atoms with Gasteiger partial charge in [0.15, 0.2) is 12.0 Å². The van der Waals surface area contributed by atoms with Crippen molar-refractivity contribution in [3.63, 3.8) is 0 Å². The number of carbonyl (C=O) groups excluding carboxylic acids is 2. The standard InChI is InChI=1S/C14H13ClN2O3.C5H12O.C2H6/c1-3-20-14(19)13-9(2)12(8-18)17(16-13)11-6-4-5-10(15)7-11;1-5(2,3)6-4;1-2/h4-8H,3H2,1-2H3;1-4H3;1-2H3. The molecule has 0 unspecified atom stereocenters. The van der Waals surface area contributed by atoms with Crippen molar-refractivity contribution in [1.82, 2.24) is 9.78 Å². The van der Waals surface area contributed by atoms with Gasteiger partial charge in [-0.2, -0.15) is 5.10 Å². The van der Waals surface area contributed by atoms with Crippen LogP contribution in [0.25, 0.3) is 5.69 Å². The number of benzene rings is 1. The summed E-state index contributed by atoms with van der Waals surface area (Å²) in [6.45, 7) is 13.7. The van der Waals surface area contributed by atoms with Gasteiger partial charge in [0.2, 0.25) is 0 Å². The van der Waals surface area contributed by atoms with Gasteiger partial charge in [-0.1, -0.05) is 31.5 Å². The minimum Gasteiger partial charge on any atom is -0.461 e. The van der Waals surface area contributed by atoms with Crippen LogP contribution in [0.3, 0.4) is 0 Å². The van der Waals surface area contributed by atoms with Crippen LogP contribution in [0.15, 0.2) is 24.3 Å². The molecule has 0 saturated carbocycles. The van der Waals surface area contributed by atoms with Gasteiger partial charge in [0.1, 0.15) is 5.69 Å². The molecular formula is C21H31ClN2O4. The summed E-state index contributed by atoms with van der Waals surface area (Å²) in [6.07, 6.45) is 0.659. The molecule has 156 valence electrons. The molecule has 0 aliphatic carbocycles. The number of aldehydes is 1. The first-order valence-corrected chi connectivity index (χ1v) is 9.55. The van der Waals surface area contributed by atoms with Crippen LogP contribution in [0.4, 0.5) is 0 Å². The van der Waals surface area contributed by atoms with Crippen LogP contribution in [0.5, 0.6) is 0 Å². The topological polar surface area (TPSA) is 70.4 Å². The maximum Gasteiger partial charge on any atom is 0.359 e. The Morgan fingerprint density at radius 2 is 1.86 bits per heavy atom. The van der Waals surface area contributed by atoms with Gasteiger partial charge in [-0.05, 0) is 52.8 Å². The number of hydrogen-bond acceptors (Lipinski definition) is 5. The summed E-state index contributed by atoms with van der Waals surface area (Å²) >= 11 is 5.93. The maximum absolute atomic E-state index is 11.8. The molecule has 0 saturated heterocycles. The van der Waals surface area contributed by atoms with Crippen LogP contribution in [0.1, 0.15) is 68.1 Å².